The number of imidazole rings is 1. The lowest BCUT2D eigenvalue weighted by atomic mass is 10.2. The van der Waals surface area contributed by atoms with Gasteiger partial charge >= 0.3 is 5.69 Å². The van der Waals surface area contributed by atoms with Crippen molar-refractivity contribution in [3.05, 3.63) is 45.1 Å². The zero-order valence-corrected chi connectivity index (χ0v) is 11.0. The van der Waals surface area contributed by atoms with Gasteiger partial charge in [0, 0.05) is 25.3 Å². The van der Waals surface area contributed by atoms with Crippen LogP contribution in [0.1, 0.15) is 0 Å². The number of aromatic amines is 3. The zero-order valence-electron chi connectivity index (χ0n) is 11.0. The largest absolute Gasteiger partial charge is 0.378 e. The van der Waals surface area contributed by atoms with Crippen LogP contribution in [0.25, 0.3) is 22.6 Å². The fourth-order valence-corrected chi connectivity index (χ4v) is 2.00. The number of rotatable bonds is 2. The Hall–Kier alpha value is -2.83. The third-order valence-electron chi connectivity index (χ3n) is 3.03. The van der Waals surface area contributed by atoms with Crippen LogP contribution < -0.4 is 16.1 Å². The van der Waals surface area contributed by atoms with Gasteiger partial charge in [-0.25, -0.2) is 9.78 Å². The van der Waals surface area contributed by atoms with Crippen molar-refractivity contribution in [3.8, 4) is 11.4 Å². The highest BCUT2D eigenvalue weighted by Crippen LogP contribution is 2.22. The maximum atomic E-state index is 11.7. The lowest BCUT2D eigenvalue weighted by Crippen LogP contribution is -2.21. The molecular formula is C13H13N5O2. The van der Waals surface area contributed by atoms with E-state index in [0.29, 0.717) is 5.82 Å². The summed E-state index contributed by atoms with van der Waals surface area (Å²) in [4.78, 5) is 36.7. The number of benzene rings is 1. The SMILES string of the molecule is CN(C)c1cccc(-c2nc3[nH]c(=O)[nH]c(=O)c3[nH]2)c1. The molecule has 0 radical (unpaired) electrons. The van der Waals surface area contributed by atoms with E-state index in [9.17, 15) is 9.59 Å². The summed E-state index contributed by atoms with van der Waals surface area (Å²) in [5, 5.41) is 0. The summed E-state index contributed by atoms with van der Waals surface area (Å²) in [6, 6.07) is 7.71. The van der Waals surface area contributed by atoms with Crippen molar-refractivity contribution in [1.82, 2.24) is 19.9 Å². The van der Waals surface area contributed by atoms with Gasteiger partial charge in [-0.15, -0.1) is 0 Å². The van der Waals surface area contributed by atoms with Crippen molar-refractivity contribution in [1.29, 1.82) is 0 Å². The first-order valence-electron chi connectivity index (χ1n) is 6.04. The van der Waals surface area contributed by atoms with Crippen LogP contribution in [0.4, 0.5) is 5.69 Å². The Morgan fingerprint density at radius 1 is 1.10 bits per heavy atom. The smallest absolute Gasteiger partial charge is 0.327 e. The Bertz CT molecular complexity index is 887. The van der Waals surface area contributed by atoms with Crippen molar-refractivity contribution in [3.63, 3.8) is 0 Å². The minimum absolute atomic E-state index is 0.254. The molecule has 3 N–H and O–H groups in total. The van der Waals surface area contributed by atoms with E-state index in [4.69, 9.17) is 0 Å². The molecule has 3 aromatic rings. The van der Waals surface area contributed by atoms with E-state index in [-0.39, 0.29) is 11.2 Å². The lowest BCUT2D eigenvalue weighted by molar-refractivity contribution is 1.07. The standard InChI is InChI=1S/C13H13N5O2/c1-18(2)8-5-3-4-7(6-8)10-14-9-11(15-10)16-13(20)17-12(9)19/h3-6H,1-2H3,(H3,14,15,16,17,19,20). The van der Waals surface area contributed by atoms with Gasteiger partial charge in [-0.2, -0.15) is 0 Å². The molecule has 0 spiro atoms. The van der Waals surface area contributed by atoms with Crippen LogP contribution in [0.2, 0.25) is 0 Å². The van der Waals surface area contributed by atoms with Crippen LogP contribution in [0, 0.1) is 0 Å². The van der Waals surface area contributed by atoms with E-state index < -0.39 is 11.2 Å². The average molecular weight is 271 g/mol. The van der Waals surface area contributed by atoms with Crippen molar-refractivity contribution in [2.24, 2.45) is 0 Å². The first-order valence-corrected chi connectivity index (χ1v) is 6.04. The fraction of sp³-hybridized carbons (Fsp3) is 0.154. The number of anilines is 1. The minimum atomic E-state index is -0.567. The Labute approximate surface area is 113 Å². The van der Waals surface area contributed by atoms with Gasteiger partial charge in [-0.1, -0.05) is 12.1 Å². The molecule has 0 fully saturated rings. The van der Waals surface area contributed by atoms with Crippen molar-refractivity contribution in [2.45, 2.75) is 0 Å². The first-order chi connectivity index (χ1) is 9.54. The number of hydrogen-bond donors (Lipinski definition) is 3. The molecular weight excluding hydrogens is 258 g/mol. The van der Waals surface area contributed by atoms with Gasteiger partial charge in [0.2, 0.25) is 0 Å². The van der Waals surface area contributed by atoms with Crippen LogP contribution in [0.3, 0.4) is 0 Å². The molecule has 1 aromatic carbocycles. The first kappa shape index (κ1) is 12.2. The van der Waals surface area contributed by atoms with E-state index in [0.717, 1.165) is 11.3 Å². The summed E-state index contributed by atoms with van der Waals surface area (Å²) in [6.45, 7) is 0. The maximum absolute atomic E-state index is 11.7. The Balaban J connectivity index is 2.20. The van der Waals surface area contributed by atoms with Crippen LogP contribution in [-0.2, 0) is 0 Å². The van der Waals surface area contributed by atoms with Gasteiger partial charge in [0.1, 0.15) is 11.3 Å². The molecule has 0 aliphatic carbocycles. The van der Waals surface area contributed by atoms with E-state index in [1.165, 1.54) is 0 Å². The second-order valence-corrected chi connectivity index (χ2v) is 4.66. The Morgan fingerprint density at radius 3 is 2.65 bits per heavy atom. The van der Waals surface area contributed by atoms with Gasteiger partial charge < -0.3 is 9.88 Å². The number of aromatic nitrogens is 4. The summed E-state index contributed by atoms with van der Waals surface area (Å²) >= 11 is 0. The average Bonchev–Trinajstić information content (AvgIpc) is 2.83. The van der Waals surface area contributed by atoms with Gasteiger partial charge in [0.25, 0.3) is 5.56 Å². The Morgan fingerprint density at radius 2 is 1.90 bits per heavy atom. The predicted octanol–water partition coefficient (Wildman–Crippen LogP) is 0.672. The number of H-pyrrole nitrogens is 3. The molecule has 0 amide bonds. The van der Waals surface area contributed by atoms with Crippen LogP contribution in [0.5, 0.6) is 0 Å². The van der Waals surface area contributed by atoms with Gasteiger partial charge in [-0.3, -0.25) is 14.8 Å². The molecule has 0 saturated carbocycles. The van der Waals surface area contributed by atoms with E-state index in [1.807, 2.05) is 43.3 Å². The molecule has 0 aliphatic heterocycles. The van der Waals surface area contributed by atoms with Crippen LogP contribution in [0.15, 0.2) is 33.9 Å². The third-order valence-corrected chi connectivity index (χ3v) is 3.03. The predicted molar refractivity (Wildman–Crippen MR) is 77.1 cm³/mol. The molecule has 0 saturated heterocycles. The summed E-state index contributed by atoms with van der Waals surface area (Å²) < 4.78 is 0. The maximum Gasteiger partial charge on any atom is 0.327 e. The summed E-state index contributed by atoms with van der Waals surface area (Å²) in [7, 11) is 3.89. The van der Waals surface area contributed by atoms with Gasteiger partial charge in [0.05, 0.1) is 0 Å². The topological polar surface area (TPSA) is 97.6 Å². The molecule has 7 nitrogen and oxygen atoms in total. The molecule has 3 rings (SSSR count). The highest BCUT2D eigenvalue weighted by atomic mass is 16.2. The number of nitrogens with one attached hydrogen (secondary N) is 3. The quantitative estimate of drug-likeness (QED) is 0.638. The van der Waals surface area contributed by atoms with Gasteiger partial charge in [0.15, 0.2) is 5.65 Å². The summed E-state index contributed by atoms with van der Waals surface area (Å²) in [5.74, 6) is 0.538. The van der Waals surface area contributed by atoms with E-state index in [1.54, 1.807) is 0 Å². The van der Waals surface area contributed by atoms with Crippen molar-refractivity contribution < 1.29 is 0 Å². The molecule has 102 valence electrons. The molecule has 0 bridgehead atoms. The van der Waals surface area contributed by atoms with Crippen LogP contribution in [-0.4, -0.2) is 34.0 Å². The van der Waals surface area contributed by atoms with E-state index >= 15 is 0 Å². The fourth-order valence-electron chi connectivity index (χ4n) is 2.00. The monoisotopic (exact) mass is 271 g/mol. The van der Waals surface area contributed by atoms with E-state index in [2.05, 4.69) is 19.9 Å². The molecule has 0 aliphatic rings. The number of hydrogen-bond acceptors (Lipinski definition) is 4. The molecule has 0 unspecified atom stereocenters. The second-order valence-electron chi connectivity index (χ2n) is 4.66. The summed E-state index contributed by atoms with van der Waals surface area (Å²) in [5.41, 5.74) is 1.32. The number of fused-ring (bicyclic) bond motifs is 1. The Kier molecular flexibility index (Phi) is 2.67. The zero-order chi connectivity index (χ0) is 14.3. The molecule has 2 heterocycles. The van der Waals surface area contributed by atoms with Crippen molar-refractivity contribution in [2.75, 3.05) is 19.0 Å². The highest BCUT2D eigenvalue weighted by molar-refractivity contribution is 5.75. The molecule has 2 aromatic heterocycles. The second kappa shape index (κ2) is 4.37. The van der Waals surface area contributed by atoms with Crippen molar-refractivity contribution >= 4 is 16.9 Å². The molecule has 0 atom stereocenters. The van der Waals surface area contributed by atoms with Crippen LogP contribution >= 0.6 is 0 Å². The number of nitrogens with zero attached hydrogens (tertiary/aromatic N) is 2. The minimum Gasteiger partial charge on any atom is -0.378 e. The lowest BCUT2D eigenvalue weighted by Gasteiger charge is -2.12. The highest BCUT2D eigenvalue weighted by Gasteiger charge is 2.09. The molecule has 7 heteroatoms. The van der Waals surface area contributed by atoms with Gasteiger partial charge in [-0.05, 0) is 12.1 Å². The molecule has 20 heavy (non-hydrogen) atoms. The normalized spacial score (nSPS) is 10.9. The third kappa shape index (κ3) is 1.99. The summed E-state index contributed by atoms with van der Waals surface area (Å²) in [6.07, 6.45) is 0.